The van der Waals surface area contributed by atoms with E-state index in [9.17, 15) is 0 Å². The van der Waals surface area contributed by atoms with E-state index in [0.717, 1.165) is 11.4 Å². The Morgan fingerprint density at radius 2 is 2.21 bits per heavy atom. The van der Waals surface area contributed by atoms with Gasteiger partial charge in [-0.05, 0) is 13.8 Å². The molecule has 0 aliphatic heterocycles. The highest BCUT2D eigenvalue weighted by molar-refractivity contribution is 6.30. The molecule has 1 rings (SSSR count). The second-order valence-corrected chi connectivity index (χ2v) is 3.61. The fourth-order valence-electron chi connectivity index (χ4n) is 1.11. The highest BCUT2D eigenvalue weighted by Gasteiger charge is 2.14. The zero-order chi connectivity index (χ0) is 10.7. The highest BCUT2D eigenvalue weighted by Crippen LogP contribution is 2.21. The lowest BCUT2D eigenvalue weighted by atomic mass is 10.2. The van der Waals surface area contributed by atoms with E-state index < -0.39 is 0 Å². The van der Waals surface area contributed by atoms with Crippen LogP contribution in [0.4, 0.5) is 5.82 Å². The van der Waals surface area contributed by atoms with Crippen molar-refractivity contribution < 1.29 is 5.11 Å². The van der Waals surface area contributed by atoms with Gasteiger partial charge in [0.15, 0.2) is 0 Å². The maximum atomic E-state index is 9.01. The van der Waals surface area contributed by atoms with Crippen molar-refractivity contribution >= 4 is 17.4 Å². The molecule has 4 nitrogen and oxygen atoms in total. The minimum atomic E-state index is 0.0136. The van der Waals surface area contributed by atoms with Gasteiger partial charge in [-0.25, -0.2) is 9.97 Å². The van der Waals surface area contributed by atoms with Gasteiger partial charge in [0.05, 0.1) is 12.6 Å². The SMILES string of the molecule is Cc1c(Cl)ncnc1N(C)C(C)CO. The van der Waals surface area contributed by atoms with Gasteiger partial charge in [0.2, 0.25) is 0 Å². The molecule has 1 heterocycles. The molecule has 0 saturated carbocycles. The van der Waals surface area contributed by atoms with Gasteiger partial charge in [0, 0.05) is 12.6 Å². The summed E-state index contributed by atoms with van der Waals surface area (Å²) in [6.07, 6.45) is 1.42. The number of hydrogen-bond acceptors (Lipinski definition) is 4. The summed E-state index contributed by atoms with van der Waals surface area (Å²) in [4.78, 5) is 9.88. The van der Waals surface area contributed by atoms with Crippen LogP contribution in [0.5, 0.6) is 0 Å². The van der Waals surface area contributed by atoms with Gasteiger partial charge >= 0.3 is 0 Å². The lowest BCUT2D eigenvalue weighted by molar-refractivity contribution is 0.269. The van der Waals surface area contributed by atoms with Crippen molar-refractivity contribution in [3.63, 3.8) is 0 Å². The number of halogens is 1. The highest BCUT2D eigenvalue weighted by atomic mass is 35.5. The zero-order valence-electron chi connectivity index (χ0n) is 8.53. The van der Waals surface area contributed by atoms with Gasteiger partial charge in [-0.15, -0.1) is 0 Å². The van der Waals surface area contributed by atoms with Crippen LogP contribution in [0.25, 0.3) is 0 Å². The summed E-state index contributed by atoms with van der Waals surface area (Å²) in [5.74, 6) is 0.756. The molecule has 5 heteroatoms. The van der Waals surface area contributed by atoms with Crippen molar-refractivity contribution in [2.75, 3.05) is 18.6 Å². The van der Waals surface area contributed by atoms with E-state index in [-0.39, 0.29) is 12.6 Å². The quantitative estimate of drug-likeness (QED) is 0.772. The Bertz CT molecular complexity index is 319. The Morgan fingerprint density at radius 1 is 1.57 bits per heavy atom. The molecule has 1 aromatic heterocycles. The lowest BCUT2D eigenvalue weighted by Crippen LogP contribution is -2.33. The smallest absolute Gasteiger partial charge is 0.137 e. The van der Waals surface area contributed by atoms with E-state index in [4.69, 9.17) is 16.7 Å². The number of aliphatic hydroxyl groups is 1. The molecule has 0 saturated heterocycles. The van der Waals surface area contributed by atoms with Crippen LogP contribution in [0.1, 0.15) is 12.5 Å². The standard InChI is InChI=1S/C9H14ClN3O/c1-6(4-14)13(3)9-7(2)8(10)11-5-12-9/h5-6,14H,4H2,1-3H3. The predicted octanol–water partition coefficient (Wildman–Crippen LogP) is 1.26. The third-order valence-corrected chi connectivity index (χ3v) is 2.64. The molecular weight excluding hydrogens is 202 g/mol. The van der Waals surface area contributed by atoms with Gasteiger partial charge in [-0.1, -0.05) is 11.6 Å². The maximum absolute atomic E-state index is 9.01. The predicted molar refractivity (Wildman–Crippen MR) is 56.7 cm³/mol. The van der Waals surface area contributed by atoms with Crippen LogP contribution >= 0.6 is 11.6 Å². The fraction of sp³-hybridized carbons (Fsp3) is 0.556. The summed E-state index contributed by atoms with van der Waals surface area (Å²) < 4.78 is 0. The van der Waals surface area contributed by atoms with E-state index >= 15 is 0 Å². The molecule has 1 N–H and O–H groups in total. The van der Waals surface area contributed by atoms with Gasteiger partial charge in [-0.3, -0.25) is 0 Å². The van der Waals surface area contributed by atoms with Crippen LogP contribution in [-0.4, -0.2) is 34.8 Å². The summed E-state index contributed by atoms with van der Waals surface area (Å²) in [5, 5.41) is 9.46. The minimum absolute atomic E-state index is 0.0136. The monoisotopic (exact) mass is 215 g/mol. The normalized spacial score (nSPS) is 12.6. The Hall–Kier alpha value is -0.870. The Balaban J connectivity index is 3.01. The molecule has 0 fully saturated rings. The molecule has 0 amide bonds. The summed E-state index contributed by atoms with van der Waals surface area (Å²) in [6, 6.07) is 0.0136. The molecule has 1 atom stereocenters. The zero-order valence-corrected chi connectivity index (χ0v) is 9.28. The number of rotatable bonds is 3. The third kappa shape index (κ3) is 2.13. The van der Waals surface area contributed by atoms with Crippen LogP contribution in [-0.2, 0) is 0 Å². The average Bonchev–Trinajstić information content (AvgIpc) is 2.20. The molecule has 0 radical (unpaired) electrons. The van der Waals surface area contributed by atoms with E-state index in [1.54, 1.807) is 0 Å². The van der Waals surface area contributed by atoms with Gasteiger partial charge in [0.1, 0.15) is 17.3 Å². The molecule has 1 aromatic rings. The average molecular weight is 216 g/mol. The van der Waals surface area contributed by atoms with E-state index in [1.165, 1.54) is 6.33 Å². The summed E-state index contributed by atoms with van der Waals surface area (Å²) in [6.45, 7) is 3.85. The summed E-state index contributed by atoms with van der Waals surface area (Å²) >= 11 is 5.87. The third-order valence-electron chi connectivity index (χ3n) is 2.26. The second-order valence-electron chi connectivity index (χ2n) is 3.26. The number of likely N-dealkylation sites (N-methyl/N-ethyl adjacent to an activating group) is 1. The first-order valence-corrected chi connectivity index (χ1v) is 4.76. The maximum Gasteiger partial charge on any atom is 0.137 e. The topological polar surface area (TPSA) is 49.2 Å². The van der Waals surface area contributed by atoms with Crippen LogP contribution in [0.15, 0.2) is 6.33 Å². The van der Waals surface area contributed by atoms with Crippen LogP contribution < -0.4 is 4.90 Å². The molecule has 0 aliphatic carbocycles. The molecule has 1 unspecified atom stereocenters. The van der Waals surface area contributed by atoms with Crippen molar-refractivity contribution in [3.8, 4) is 0 Å². The van der Waals surface area contributed by atoms with Gasteiger partial charge < -0.3 is 10.0 Å². The Labute approximate surface area is 88.6 Å². The van der Waals surface area contributed by atoms with E-state index in [2.05, 4.69) is 9.97 Å². The molecule has 0 aliphatic rings. The summed E-state index contributed by atoms with van der Waals surface area (Å²) in [7, 11) is 1.87. The van der Waals surface area contributed by atoms with E-state index in [0.29, 0.717) is 5.15 Å². The van der Waals surface area contributed by atoms with Crippen molar-refractivity contribution in [1.82, 2.24) is 9.97 Å². The lowest BCUT2D eigenvalue weighted by Gasteiger charge is -2.25. The molecule has 0 spiro atoms. The van der Waals surface area contributed by atoms with Crippen LogP contribution in [0.3, 0.4) is 0 Å². The largest absolute Gasteiger partial charge is 0.394 e. The fourth-order valence-corrected chi connectivity index (χ4v) is 1.24. The van der Waals surface area contributed by atoms with E-state index in [1.807, 2.05) is 25.8 Å². The number of nitrogens with zero attached hydrogens (tertiary/aromatic N) is 3. The molecule has 14 heavy (non-hydrogen) atoms. The van der Waals surface area contributed by atoms with Crippen molar-refractivity contribution in [2.24, 2.45) is 0 Å². The molecule has 0 bridgehead atoms. The van der Waals surface area contributed by atoms with Crippen LogP contribution in [0.2, 0.25) is 5.15 Å². The summed E-state index contributed by atoms with van der Waals surface area (Å²) in [5.41, 5.74) is 0.831. The molecule has 78 valence electrons. The number of aromatic nitrogens is 2. The Morgan fingerprint density at radius 3 is 2.79 bits per heavy atom. The van der Waals surface area contributed by atoms with Crippen molar-refractivity contribution in [1.29, 1.82) is 0 Å². The number of anilines is 1. The molecular formula is C9H14ClN3O. The number of hydrogen-bond donors (Lipinski definition) is 1. The number of aliphatic hydroxyl groups excluding tert-OH is 1. The van der Waals surface area contributed by atoms with Gasteiger partial charge in [-0.2, -0.15) is 0 Å². The first kappa shape index (κ1) is 11.2. The first-order valence-electron chi connectivity index (χ1n) is 4.38. The first-order chi connectivity index (χ1) is 6.57. The van der Waals surface area contributed by atoms with Crippen molar-refractivity contribution in [3.05, 3.63) is 17.0 Å². The minimum Gasteiger partial charge on any atom is -0.394 e. The molecule has 0 aromatic carbocycles. The Kier molecular flexibility index (Phi) is 3.66. The van der Waals surface area contributed by atoms with Crippen LogP contribution in [0, 0.1) is 6.92 Å². The van der Waals surface area contributed by atoms with Gasteiger partial charge in [0.25, 0.3) is 0 Å². The second kappa shape index (κ2) is 4.57. The van der Waals surface area contributed by atoms with Crippen molar-refractivity contribution in [2.45, 2.75) is 19.9 Å².